The molecule has 1 fully saturated rings. The maximum absolute atomic E-state index is 5.89. The zero-order valence-corrected chi connectivity index (χ0v) is 14.1. The summed E-state index contributed by atoms with van der Waals surface area (Å²) in [6.45, 7) is 5.68. The summed E-state index contributed by atoms with van der Waals surface area (Å²) in [7, 11) is 0. The van der Waals surface area contributed by atoms with Gasteiger partial charge in [-0.3, -0.25) is 4.90 Å². The molecule has 128 valence electrons. The molecular weight excluding hydrogens is 316 g/mol. The highest BCUT2D eigenvalue weighted by Crippen LogP contribution is 2.25. The Morgan fingerprint density at radius 3 is 2.36 bits per heavy atom. The van der Waals surface area contributed by atoms with Crippen molar-refractivity contribution in [2.24, 2.45) is 0 Å². The van der Waals surface area contributed by atoms with Crippen LogP contribution in [-0.2, 0) is 0 Å². The molecule has 3 aromatic rings. The fourth-order valence-electron chi connectivity index (χ4n) is 3.02. The van der Waals surface area contributed by atoms with E-state index in [0.29, 0.717) is 11.8 Å². The standard InChI is InChI=1S/C18H20N6O/c1-14(16-21-22-17(25-16)15-6-3-2-4-7-15)23-10-12-24(13-11-23)18-19-8-5-9-20-18/h2-9,14H,10-13H2,1H3. The molecule has 7 heteroatoms. The first kappa shape index (κ1) is 15.7. The average Bonchev–Trinajstić information content (AvgIpc) is 3.19. The van der Waals surface area contributed by atoms with Crippen LogP contribution < -0.4 is 4.90 Å². The fraction of sp³-hybridized carbons (Fsp3) is 0.333. The van der Waals surface area contributed by atoms with Crippen LogP contribution >= 0.6 is 0 Å². The van der Waals surface area contributed by atoms with Crippen molar-refractivity contribution in [3.05, 3.63) is 54.7 Å². The van der Waals surface area contributed by atoms with Gasteiger partial charge in [0.15, 0.2) is 0 Å². The molecule has 4 rings (SSSR count). The first-order valence-corrected chi connectivity index (χ1v) is 8.46. The van der Waals surface area contributed by atoms with Crippen LogP contribution in [0.4, 0.5) is 5.95 Å². The number of benzene rings is 1. The van der Waals surface area contributed by atoms with Gasteiger partial charge in [-0.05, 0) is 25.1 Å². The number of hydrogen-bond acceptors (Lipinski definition) is 7. The molecule has 7 nitrogen and oxygen atoms in total. The lowest BCUT2D eigenvalue weighted by atomic mass is 10.2. The molecule has 2 aromatic heterocycles. The lowest BCUT2D eigenvalue weighted by Crippen LogP contribution is -2.47. The molecule has 1 unspecified atom stereocenters. The SMILES string of the molecule is CC(c1nnc(-c2ccccc2)o1)N1CCN(c2ncccn2)CC1. The highest BCUT2D eigenvalue weighted by molar-refractivity contribution is 5.51. The Balaban J connectivity index is 1.41. The summed E-state index contributed by atoms with van der Waals surface area (Å²) in [5.41, 5.74) is 0.944. The summed E-state index contributed by atoms with van der Waals surface area (Å²) in [5.74, 6) is 2.01. The van der Waals surface area contributed by atoms with Crippen LogP contribution in [-0.4, -0.2) is 51.2 Å². The van der Waals surface area contributed by atoms with Gasteiger partial charge in [0.2, 0.25) is 17.7 Å². The van der Waals surface area contributed by atoms with Crippen molar-refractivity contribution in [1.82, 2.24) is 25.1 Å². The second-order valence-electron chi connectivity index (χ2n) is 6.06. The van der Waals surface area contributed by atoms with E-state index in [1.54, 1.807) is 12.4 Å². The van der Waals surface area contributed by atoms with Crippen LogP contribution in [0.5, 0.6) is 0 Å². The monoisotopic (exact) mass is 336 g/mol. The quantitative estimate of drug-likeness (QED) is 0.724. The Morgan fingerprint density at radius 1 is 0.920 bits per heavy atom. The van der Waals surface area contributed by atoms with Gasteiger partial charge in [0, 0.05) is 44.1 Å². The van der Waals surface area contributed by atoms with E-state index in [2.05, 4.69) is 36.9 Å². The Kier molecular flexibility index (Phi) is 4.39. The van der Waals surface area contributed by atoms with E-state index < -0.39 is 0 Å². The van der Waals surface area contributed by atoms with Crippen LogP contribution in [0.15, 0.2) is 53.2 Å². The molecule has 0 saturated carbocycles. The van der Waals surface area contributed by atoms with Gasteiger partial charge in [0.25, 0.3) is 0 Å². The van der Waals surface area contributed by atoms with Crippen LogP contribution in [0.25, 0.3) is 11.5 Å². The number of aromatic nitrogens is 4. The number of rotatable bonds is 4. The maximum Gasteiger partial charge on any atom is 0.247 e. The van der Waals surface area contributed by atoms with Crippen LogP contribution in [0, 0.1) is 0 Å². The Labute approximate surface area is 146 Å². The van der Waals surface area contributed by atoms with Gasteiger partial charge < -0.3 is 9.32 Å². The van der Waals surface area contributed by atoms with Crippen molar-refractivity contribution >= 4 is 5.95 Å². The first-order chi connectivity index (χ1) is 12.3. The molecule has 0 spiro atoms. The van der Waals surface area contributed by atoms with Gasteiger partial charge in [-0.1, -0.05) is 18.2 Å². The minimum Gasteiger partial charge on any atom is -0.419 e. The molecule has 0 bridgehead atoms. The van der Waals surface area contributed by atoms with E-state index in [1.165, 1.54) is 0 Å². The van der Waals surface area contributed by atoms with E-state index in [4.69, 9.17) is 4.42 Å². The van der Waals surface area contributed by atoms with E-state index >= 15 is 0 Å². The largest absolute Gasteiger partial charge is 0.419 e. The summed E-state index contributed by atoms with van der Waals surface area (Å²) in [5, 5.41) is 8.44. The minimum absolute atomic E-state index is 0.0869. The predicted molar refractivity (Wildman–Crippen MR) is 94.0 cm³/mol. The second-order valence-corrected chi connectivity index (χ2v) is 6.06. The molecule has 1 aliphatic rings. The Bertz CT molecular complexity index is 799. The van der Waals surface area contributed by atoms with Crippen molar-refractivity contribution in [3.8, 4) is 11.5 Å². The summed E-state index contributed by atoms with van der Waals surface area (Å²) < 4.78 is 5.89. The van der Waals surface area contributed by atoms with Gasteiger partial charge in [-0.15, -0.1) is 10.2 Å². The topological polar surface area (TPSA) is 71.2 Å². The highest BCUT2D eigenvalue weighted by atomic mass is 16.4. The van der Waals surface area contributed by atoms with Gasteiger partial charge in [-0.25, -0.2) is 9.97 Å². The molecule has 1 aromatic carbocycles. The molecule has 1 aliphatic heterocycles. The predicted octanol–water partition coefficient (Wildman–Crippen LogP) is 2.41. The van der Waals surface area contributed by atoms with Crippen molar-refractivity contribution in [2.75, 3.05) is 31.1 Å². The summed E-state index contributed by atoms with van der Waals surface area (Å²) in [4.78, 5) is 13.2. The Morgan fingerprint density at radius 2 is 1.64 bits per heavy atom. The third-order valence-corrected chi connectivity index (χ3v) is 4.52. The zero-order chi connectivity index (χ0) is 17.1. The van der Waals surface area contributed by atoms with Crippen LogP contribution in [0.3, 0.4) is 0 Å². The van der Waals surface area contributed by atoms with Crippen LogP contribution in [0.2, 0.25) is 0 Å². The highest BCUT2D eigenvalue weighted by Gasteiger charge is 2.26. The smallest absolute Gasteiger partial charge is 0.247 e. The number of piperazine rings is 1. The fourth-order valence-corrected chi connectivity index (χ4v) is 3.02. The minimum atomic E-state index is 0.0869. The van der Waals surface area contributed by atoms with E-state index in [-0.39, 0.29) is 6.04 Å². The third kappa shape index (κ3) is 3.36. The summed E-state index contributed by atoms with van der Waals surface area (Å²) in [6, 6.07) is 11.8. The van der Waals surface area contributed by atoms with Gasteiger partial charge >= 0.3 is 0 Å². The number of hydrogen-bond donors (Lipinski definition) is 0. The molecule has 0 amide bonds. The maximum atomic E-state index is 5.89. The van der Waals surface area contributed by atoms with Gasteiger partial charge in [0.1, 0.15) is 0 Å². The van der Waals surface area contributed by atoms with E-state index in [9.17, 15) is 0 Å². The van der Waals surface area contributed by atoms with Crippen molar-refractivity contribution in [2.45, 2.75) is 13.0 Å². The van der Waals surface area contributed by atoms with Gasteiger partial charge in [0.05, 0.1) is 6.04 Å². The van der Waals surface area contributed by atoms with E-state index in [1.807, 2.05) is 36.4 Å². The third-order valence-electron chi connectivity index (χ3n) is 4.52. The lowest BCUT2D eigenvalue weighted by molar-refractivity contribution is 0.173. The molecule has 3 heterocycles. The molecule has 1 atom stereocenters. The number of nitrogens with zero attached hydrogens (tertiary/aromatic N) is 6. The number of anilines is 1. The summed E-state index contributed by atoms with van der Waals surface area (Å²) >= 11 is 0. The van der Waals surface area contributed by atoms with Crippen molar-refractivity contribution in [1.29, 1.82) is 0 Å². The second kappa shape index (κ2) is 6.98. The molecule has 25 heavy (non-hydrogen) atoms. The zero-order valence-electron chi connectivity index (χ0n) is 14.1. The van der Waals surface area contributed by atoms with Crippen molar-refractivity contribution < 1.29 is 4.42 Å². The first-order valence-electron chi connectivity index (χ1n) is 8.46. The van der Waals surface area contributed by atoms with Crippen LogP contribution in [0.1, 0.15) is 18.9 Å². The molecule has 0 radical (unpaired) electrons. The van der Waals surface area contributed by atoms with Gasteiger partial charge in [-0.2, -0.15) is 0 Å². The summed E-state index contributed by atoms with van der Waals surface area (Å²) in [6.07, 6.45) is 3.56. The molecular formula is C18H20N6O. The molecule has 0 N–H and O–H groups in total. The lowest BCUT2D eigenvalue weighted by Gasteiger charge is -2.36. The normalized spacial score (nSPS) is 16.8. The molecule has 1 saturated heterocycles. The van der Waals surface area contributed by atoms with Crippen molar-refractivity contribution in [3.63, 3.8) is 0 Å². The van der Waals surface area contributed by atoms with E-state index in [0.717, 1.165) is 37.7 Å². The molecule has 0 aliphatic carbocycles. The average molecular weight is 336 g/mol. The Hall–Kier alpha value is -2.80.